The largest absolute Gasteiger partial charge is 0.476 e. The molecule has 0 saturated heterocycles. The van der Waals surface area contributed by atoms with Crippen LogP contribution in [0.4, 0.5) is 0 Å². The van der Waals surface area contributed by atoms with Gasteiger partial charge in [0, 0.05) is 29.5 Å². The van der Waals surface area contributed by atoms with Crippen molar-refractivity contribution in [3.05, 3.63) is 77.6 Å². The average Bonchev–Trinajstić information content (AvgIpc) is 3.70. The van der Waals surface area contributed by atoms with Crippen LogP contribution in [0.2, 0.25) is 0 Å². The first-order chi connectivity index (χ1) is 18.2. The lowest BCUT2D eigenvalue weighted by atomic mass is 10.1. The van der Waals surface area contributed by atoms with Gasteiger partial charge in [-0.3, -0.25) is 9.78 Å². The number of carbonyl (C=O) groups is 1. The van der Waals surface area contributed by atoms with E-state index in [1.165, 1.54) is 6.07 Å². The number of hydrogen-bond acceptors (Lipinski definition) is 8. The molecule has 0 unspecified atom stereocenters. The topological polar surface area (TPSA) is 123 Å². The van der Waals surface area contributed by atoms with Crippen molar-refractivity contribution in [1.29, 1.82) is 0 Å². The van der Waals surface area contributed by atoms with Gasteiger partial charge in [-0.1, -0.05) is 12.1 Å². The summed E-state index contributed by atoms with van der Waals surface area (Å²) >= 11 is 0. The number of likely N-dealkylation sites (N-methyl/N-ethyl adjacent to an activating group) is 1. The molecule has 1 aliphatic rings. The third-order valence-corrected chi connectivity index (χ3v) is 8.02. The predicted octanol–water partition coefficient (Wildman–Crippen LogP) is 3.46. The minimum atomic E-state index is -3.44. The molecule has 38 heavy (non-hydrogen) atoms. The fourth-order valence-corrected chi connectivity index (χ4v) is 5.17. The van der Waals surface area contributed by atoms with Gasteiger partial charge in [0.2, 0.25) is 5.88 Å². The van der Waals surface area contributed by atoms with Gasteiger partial charge in [-0.05, 0) is 68.8 Å². The molecular formula is C28H29N5O4S. The van der Waals surface area contributed by atoms with Crippen molar-refractivity contribution >= 4 is 26.6 Å². The summed E-state index contributed by atoms with van der Waals surface area (Å²) in [6, 6.07) is 15.9. The molecule has 5 rings (SSSR count). The van der Waals surface area contributed by atoms with E-state index in [9.17, 15) is 13.2 Å². The van der Waals surface area contributed by atoms with Gasteiger partial charge in [-0.15, -0.1) is 0 Å². The Bertz CT molecular complexity index is 1630. The molecule has 1 aromatic carbocycles. The van der Waals surface area contributed by atoms with Crippen molar-refractivity contribution < 1.29 is 17.9 Å². The first-order valence-corrected chi connectivity index (χ1v) is 14.2. The highest BCUT2D eigenvalue weighted by Gasteiger charge is 2.42. The van der Waals surface area contributed by atoms with Crippen LogP contribution in [0, 0.1) is 6.92 Å². The lowest BCUT2D eigenvalue weighted by Crippen LogP contribution is -2.34. The number of benzene rings is 1. The molecule has 3 aromatic heterocycles. The van der Waals surface area contributed by atoms with Gasteiger partial charge in [-0.25, -0.2) is 18.4 Å². The fraction of sp³-hybridized carbons (Fsp3) is 0.286. The number of aromatic nitrogens is 3. The van der Waals surface area contributed by atoms with Gasteiger partial charge in [0.1, 0.15) is 6.61 Å². The molecule has 1 amide bonds. The second kappa shape index (κ2) is 10.1. The van der Waals surface area contributed by atoms with Crippen LogP contribution in [0.25, 0.3) is 22.3 Å². The van der Waals surface area contributed by atoms with Crippen LogP contribution >= 0.6 is 0 Å². The molecule has 0 aliphatic heterocycles. The maximum Gasteiger partial charge on any atom is 0.251 e. The Morgan fingerprint density at radius 3 is 2.58 bits per heavy atom. The van der Waals surface area contributed by atoms with Crippen LogP contribution in [0.1, 0.15) is 34.5 Å². The molecule has 9 nitrogen and oxygen atoms in total. The van der Waals surface area contributed by atoms with E-state index in [-0.39, 0.29) is 28.4 Å². The zero-order valence-corrected chi connectivity index (χ0v) is 22.3. The minimum Gasteiger partial charge on any atom is -0.476 e. The molecule has 1 saturated carbocycles. The number of fused-ring (bicyclic) bond motifs is 1. The second-order valence-electron chi connectivity index (χ2n) is 9.68. The van der Waals surface area contributed by atoms with Crippen LogP contribution in [0.3, 0.4) is 0 Å². The molecular weight excluding hydrogens is 502 g/mol. The smallest absolute Gasteiger partial charge is 0.251 e. The maximum absolute atomic E-state index is 12.7. The fourth-order valence-electron chi connectivity index (χ4n) is 4.18. The van der Waals surface area contributed by atoms with E-state index in [0.717, 1.165) is 30.0 Å². The van der Waals surface area contributed by atoms with E-state index in [2.05, 4.69) is 20.6 Å². The molecule has 0 atom stereocenters. The molecule has 3 heterocycles. The van der Waals surface area contributed by atoms with Crippen LogP contribution < -0.4 is 15.4 Å². The third kappa shape index (κ3) is 5.66. The molecule has 0 bridgehead atoms. The summed E-state index contributed by atoms with van der Waals surface area (Å²) in [7, 11) is -1.49. The highest BCUT2D eigenvalue weighted by Crippen LogP contribution is 2.35. The number of nitrogens with zero attached hydrogens (tertiary/aromatic N) is 3. The third-order valence-electron chi connectivity index (χ3n) is 6.78. The van der Waals surface area contributed by atoms with E-state index in [1.807, 2.05) is 43.4 Å². The monoisotopic (exact) mass is 531 g/mol. The summed E-state index contributed by atoms with van der Waals surface area (Å²) in [5.74, 6) is 0.171. The molecule has 2 N–H and O–H groups in total. The Kier molecular flexibility index (Phi) is 6.85. The number of hydrogen-bond donors (Lipinski definition) is 2. The van der Waals surface area contributed by atoms with Crippen molar-refractivity contribution in [3.8, 4) is 17.3 Å². The number of rotatable bonds is 9. The van der Waals surface area contributed by atoms with Gasteiger partial charge in [-0.2, -0.15) is 0 Å². The second-order valence-corrected chi connectivity index (χ2v) is 11.7. The zero-order chi connectivity index (χ0) is 26.9. The number of sulfone groups is 1. The number of aryl methyl sites for hydroxylation is 1. The minimum absolute atomic E-state index is 0.0627. The molecule has 10 heteroatoms. The highest BCUT2D eigenvalue weighted by molar-refractivity contribution is 7.90. The summed E-state index contributed by atoms with van der Waals surface area (Å²) < 4.78 is 29.9. The van der Waals surface area contributed by atoms with E-state index >= 15 is 0 Å². The molecule has 0 spiro atoms. The van der Waals surface area contributed by atoms with E-state index in [0.29, 0.717) is 35.1 Å². The van der Waals surface area contributed by atoms with E-state index in [1.54, 1.807) is 25.3 Å². The molecule has 196 valence electrons. The number of pyridine rings is 3. The van der Waals surface area contributed by atoms with Crippen molar-refractivity contribution in [2.45, 2.75) is 36.7 Å². The number of nitrogens with one attached hydrogen (secondary N) is 2. The van der Waals surface area contributed by atoms with Crippen LogP contribution in [0.15, 0.2) is 65.7 Å². The first kappa shape index (κ1) is 25.7. The van der Waals surface area contributed by atoms with Gasteiger partial charge >= 0.3 is 0 Å². The summed E-state index contributed by atoms with van der Waals surface area (Å²) in [5, 5.41) is 6.98. The normalized spacial score (nSPS) is 14.3. The molecule has 1 aliphatic carbocycles. The Labute approximate surface area is 221 Å². The summed E-state index contributed by atoms with van der Waals surface area (Å²) in [6.45, 7) is 2.44. The highest BCUT2D eigenvalue weighted by atomic mass is 32.2. The van der Waals surface area contributed by atoms with Crippen LogP contribution in [-0.2, 0) is 16.4 Å². The first-order valence-electron chi connectivity index (χ1n) is 12.3. The molecule has 4 aromatic rings. The average molecular weight is 532 g/mol. The number of carbonyl (C=O) groups excluding carboxylic acids is 1. The van der Waals surface area contributed by atoms with Crippen LogP contribution in [-0.4, -0.2) is 54.7 Å². The summed E-state index contributed by atoms with van der Waals surface area (Å²) in [4.78, 5) is 26.7. The van der Waals surface area contributed by atoms with Gasteiger partial charge in [0.05, 0.1) is 39.6 Å². The van der Waals surface area contributed by atoms with Gasteiger partial charge in [0.15, 0.2) is 9.84 Å². The van der Waals surface area contributed by atoms with Crippen LogP contribution in [0.5, 0.6) is 5.88 Å². The number of amides is 1. The van der Waals surface area contributed by atoms with Gasteiger partial charge < -0.3 is 15.4 Å². The molecule has 0 radical (unpaired) electrons. The number of ether oxygens (including phenoxy) is 1. The SMILES string of the molecule is CNC1(COc2cccc(-c3ccc4cnc(CNC(=O)c5ccc(C)c(S(C)(=O)=O)c5)cc4n3)n2)CC1. The standard InChI is InChI=1S/C28H29N5O4S/c1-18-7-8-19(13-25(18)38(3,35)36)27(34)31-16-21-14-24-20(15-30-21)9-10-23(32-24)22-5-4-6-26(33-22)37-17-28(29-2)11-12-28/h4-10,13-15,29H,11-12,16-17H2,1-3H3,(H,31,34). The van der Waals surface area contributed by atoms with Crippen molar-refractivity contribution in [2.24, 2.45) is 0 Å². The van der Waals surface area contributed by atoms with Crippen molar-refractivity contribution in [1.82, 2.24) is 25.6 Å². The Morgan fingerprint density at radius 2 is 1.84 bits per heavy atom. The summed E-state index contributed by atoms with van der Waals surface area (Å²) in [6.07, 6.45) is 5.03. The predicted molar refractivity (Wildman–Crippen MR) is 145 cm³/mol. The van der Waals surface area contributed by atoms with Crippen molar-refractivity contribution in [3.63, 3.8) is 0 Å². The quantitative estimate of drug-likeness (QED) is 0.337. The van der Waals surface area contributed by atoms with E-state index in [4.69, 9.17) is 9.72 Å². The summed E-state index contributed by atoms with van der Waals surface area (Å²) in [5.41, 5.74) is 3.67. The van der Waals surface area contributed by atoms with E-state index < -0.39 is 9.84 Å². The Morgan fingerprint density at radius 1 is 1.05 bits per heavy atom. The Balaban J connectivity index is 1.31. The zero-order valence-electron chi connectivity index (χ0n) is 21.5. The Hall–Kier alpha value is -3.89. The molecule has 1 fully saturated rings. The lowest BCUT2D eigenvalue weighted by Gasteiger charge is -2.15. The maximum atomic E-state index is 12.7. The van der Waals surface area contributed by atoms with Crippen molar-refractivity contribution in [2.75, 3.05) is 19.9 Å². The lowest BCUT2D eigenvalue weighted by molar-refractivity contribution is 0.0950. The van der Waals surface area contributed by atoms with Gasteiger partial charge in [0.25, 0.3) is 5.91 Å².